The van der Waals surface area contributed by atoms with Gasteiger partial charge in [0.05, 0.1) is 78.3 Å². The number of rotatable bonds is 23. The van der Waals surface area contributed by atoms with Crippen molar-refractivity contribution in [3.05, 3.63) is 0 Å². The normalized spacial score (nSPS) is 38.1. The van der Waals surface area contributed by atoms with Crippen LogP contribution in [0.1, 0.15) is 276 Å². The lowest BCUT2D eigenvalue weighted by atomic mass is 9.53. The number of hydrogen-bond donors (Lipinski definition) is 0. The van der Waals surface area contributed by atoms with Crippen molar-refractivity contribution in [2.75, 3.05) is 72.7 Å². The van der Waals surface area contributed by atoms with Crippen LogP contribution in [0.3, 0.4) is 0 Å². The first kappa shape index (κ1) is 106. The highest BCUT2D eigenvalue weighted by molar-refractivity contribution is 5.84. The van der Waals surface area contributed by atoms with E-state index in [1.807, 2.05) is 0 Å². The Morgan fingerprint density at radius 1 is 0.268 bits per heavy atom. The van der Waals surface area contributed by atoms with Crippen LogP contribution in [0.5, 0.6) is 0 Å². The van der Waals surface area contributed by atoms with Crippen molar-refractivity contribution < 1.29 is 191 Å². The van der Waals surface area contributed by atoms with Gasteiger partial charge in [0.15, 0.2) is 88.1 Å². The number of ketones is 1. The van der Waals surface area contributed by atoms with Crippen molar-refractivity contribution >= 4 is 35.6 Å². The lowest BCUT2D eigenvalue weighted by molar-refractivity contribution is -0.309. The Hall–Kier alpha value is -4.48. The molecular formula is C97H142F10O31. The Morgan fingerprint density at radius 2 is 0.478 bits per heavy atom. The fraction of sp³-hybridized carbons (Fsp3) is 0.938. The number of ether oxygens (including phenoxy) is 25. The number of carbonyl (C=O) groups excluding carboxylic acids is 6. The van der Waals surface area contributed by atoms with Crippen molar-refractivity contribution in [1.29, 1.82) is 0 Å². The molecule has 22 fully saturated rings. The summed E-state index contributed by atoms with van der Waals surface area (Å²) in [5.41, 5.74) is 0. The van der Waals surface area contributed by atoms with Crippen molar-refractivity contribution in [2.24, 2.45) is 53.3 Å². The van der Waals surface area contributed by atoms with Gasteiger partial charge in [-0.25, -0.2) is 24.0 Å². The molecule has 10 atom stereocenters. The number of halogens is 10. The molecule has 12 aliphatic carbocycles. The van der Waals surface area contributed by atoms with Crippen molar-refractivity contribution in [3.63, 3.8) is 0 Å². The Kier molecular flexibility index (Phi) is 31.3. The molecule has 0 amide bonds. The largest absolute Gasteiger partial charge is 0.453 e. The molecule has 0 aromatic heterocycles. The molecule has 138 heavy (non-hydrogen) atoms. The van der Waals surface area contributed by atoms with Gasteiger partial charge < -0.3 is 118 Å². The maximum atomic E-state index is 14.0. The van der Waals surface area contributed by atoms with Gasteiger partial charge in [-0.2, -0.15) is 43.9 Å². The van der Waals surface area contributed by atoms with E-state index < -0.39 is 221 Å². The molecule has 12 saturated carbocycles. The highest BCUT2D eigenvalue weighted by atomic mass is 19.3. The molecule has 0 aromatic rings. The van der Waals surface area contributed by atoms with Crippen LogP contribution in [0, 0.1) is 53.3 Å². The topological polar surface area (TPSA) is 333 Å². The zero-order valence-electron chi connectivity index (χ0n) is 81.5. The molecule has 10 saturated heterocycles. The minimum atomic E-state index is -3.64. The Morgan fingerprint density at radius 3 is 0.710 bits per heavy atom. The maximum Gasteiger partial charge on any atom is 0.377 e. The van der Waals surface area contributed by atoms with Gasteiger partial charge in [0, 0.05) is 122 Å². The van der Waals surface area contributed by atoms with Crippen LogP contribution in [0.4, 0.5) is 43.9 Å². The number of hydrogen-bond acceptors (Lipinski definition) is 31. The smallest absolute Gasteiger partial charge is 0.377 e. The third kappa shape index (κ3) is 24.5. The summed E-state index contributed by atoms with van der Waals surface area (Å²) < 4.78 is 279. The van der Waals surface area contributed by atoms with Crippen LogP contribution < -0.4 is 0 Å². The van der Waals surface area contributed by atoms with Gasteiger partial charge in [0.25, 0.3) is 0 Å². The standard InChI is InChI=1S/C28H38F2O6.C20H30F2O6.C18H26F2O6.C17H26F2O7.C14H22F2O6/c1-26(29,30)25(31)34-24(22-12-32-27(35-22)18-4-14-2-15(6-18)7-19(27)5-14)23-13-33-28(36-23)20-8-16-3-17(10-20)11-21(28)9-16;1-18(21,22)17(23)26-16(14-12-24-19(27-14)8-4-2-5-9-19)15-13-25-20(28-15)10-6-3-7-11-20;1-16(19,20)15(21)24-14(12-10-22-17(25-12)6-2-3-7-17)13-11-23-18(26-13)8-4-5-9-18;1-15(2)23-8-12(25-15)11(13-9-24-16(3,4)26-13)6-10(20)7-22-14(21)17(5,18)19;1-12(2)18-6-8(21-12)10(20-11(17)14(5,15)16)9-7-19-13(3,4)22-9/h14-24H,2-13H2,1H3;14-16H,2-13H2,1H3;12-14H,2-11H2,1H3;11-13H,6-9H2,1-5H3;8-10H,6-7H2,1-5H3. The minimum absolute atomic E-state index is 0.0726. The first-order valence-electron chi connectivity index (χ1n) is 50.1. The Balaban J connectivity index is 0.000000126. The van der Waals surface area contributed by atoms with Crippen LogP contribution in [0.15, 0.2) is 0 Å². The summed E-state index contributed by atoms with van der Waals surface area (Å²) in [6, 6.07) is 0. The predicted molar refractivity (Wildman–Crippen MR) is 455 cm³/mol. The summed E-state index contributed by atoms with van der Waals surface area (Å²) in [4.78, 5) is 71.1. The molecule has 22 rings (SSSR count). The second-order valence-corrected chi connectivity index (χ2v) is 44.4. The van der Waals surface area contributed by atoms with Crippen molar-refractivity contribution in [2.45, 2.75) is 449 Å². The third-order valence-electron chi connectivity index (χ3n) is 31.2. The average molecular weight is 1990 g/mol. The molecule has 0 aromatic carbocycles. The van der Waals surface area contributed by atoms with Crippen LogP contribution >= 0.6 is 0 Å². The molecule has 0 N–H and O–H groups in total. The first-order valence-corrected chi connectivity index (χ1v) is 50.1. The molecule has 10 unspecified atom stereocenters. The van der Waals surface area contributed by atoms with Gasteiger partial charge in [-0.05, 0) is 195 Å². The van der Waals surface area contributed by atoms with E-state index in [0.717, 1.165) is 191 Å². The molecule has 10 aliphatic heterocycles. The van der Waals surface area contributed by atoms with Crippen LogP contribution in [-0.2, 0) is 147 Å². The molecule has 786 valence electrons. The summed E-state index contributed by atoms with van der Waals surface area (Å²) in [6.45, 7) is 17.6. The number of Topliss-reactive ketones (excluding diaryl/α,β-unsaturated/α-hetero) is 1. The van der Waals surface area contributed by atoms with E-state index in [9.17, 15) is 72.7 Å². The highest BCUT2D eigenvalue weighted by Crippen LogP contribution is 2.65. The van der Waals surface area contributed by atoms with Crippen molar-refractivity contribution in [3.8, 4) is 0 Å². The number of carbonyl (C=O) groups is 6. The Labute approximate surface area is 798 Å². The van der Waals surface area contributed by atoms with Gasteiger partial charge in [0.1, 0.15) is 55.4 Å². The fourth-order valence-corrected chi connectivity index (χ4v) is 25.1. The molecule has 31 nitrogen and oxygen atoms in total. The van der Waals surface area contributed by atoms with Crippen LogP contribution in [0.25, 0.3) is 0 Å². The van der Waals surface area contributed by atoms with Gasteiger partial charge in [-0.3, -0.25) is 4.79 Å². The molecule has 6 spiro atoms. The monoisotopic (exact) mass is 1990 g/mol. The third-order valence-corrected chi connectivity index (χ3v) is 31.2. The van der Waals surface area contributed by atoms with E-state index in [2.05, 4.69) is 4.74 Å². The van der Waals surface area contributed by atoms with Gasteiger partial charge in [0.2, 0.25) is 0 Å². The summed E-state index contributed by atoms with van der Waals surface area (Å²) in [7, 11) is 0. The van der Waals surface area contributed by atoms with Crippen molar-refractivity contribution in [1.82, 2.24) is 0 Å². The summed E-state index contributed by atoms with van der Waals surface area (Å²) in [5.74, 6) is -30.0. The van der Waals surface area contributed by atoms with E-state index >= 15 is 0 Å². The van der Waals surface area contributed by atoms with Crippen LogP contribution in [-0.4, -0.2) is 281 Å². The number of esters is 5. The summed E-state index contributed by atoms with van der Waals surface area (Å²) in [5, 5.41) is 0. The first-order chi connectivity index (χ1) is 64.5. The lowest BCUT2D eigenvalue weighted by Gasteiger charge is -2.58. The second-order valence-electron chi connectivity index (χ2n) is 44.4. The quantitative estimate of drug-likeness (QED) is 0.0521. The van der Waals surface area contributed by atoms with E-state index in [-0.39, 0.29) is 72.5 Å². The molecule has 0 radical (unpaired) electrons. The number of alkyl halides is 10. The highest BCUT2D eigenvalue weighted by Gasteiger charge is 2.69. The fourth-order valence-electron chi connectivity index (χ4n) is 25.1. The summed E-state index contributed by atoms with van der Waals surface area (Å²) in [6.07, 6.45) is 17.7. The van der Waals surface area contributed by atoms with Crippen LogP contribution in [0.2, 0.25) is 0 Å². The molecule has 8 bridgehead atoms. The Bertz CT molecular complexity index is 3960. The van der Waals surface area contributed by atoms with E-state index in [1.165, 1.54) is 12.8 Å². The van der Waals surface area contributed by atoms with Gasteiger partial charge >= 0.3 is 59.5 Å². The van der Waals surface area contributed by atoms with Gasteiger partial charge in [-0.15, -0.1) is 0 Å². The van der Waals surface area contributed by atoms with E-state index in [0.29, 0.717) is 58.3 Å². The molecule has 22 aliphatic rings. The average Bonchev–Trinajstić information content (AvgIpc) is 1.50. The molecule has 41 heteroatoms. The van der Waals surface area contributed by atoms with Gasteiger partial charge in [-0.1, -0.05) is 12.8 Å². The maximum absolute atomic E-state index is 14.0. The second kappa shape index (κ2) is 40.6. The zero-order chi connectivity index (χ0) is 99.2. The SMILES string of the molecule is CC(F)(F)C(=O)OC(C1COC2(CCCC2)O1)C1COC2(CCCC2)O1.CC(F)(F)C(=O)OC(C1COC2(CCCCC2)O1)C1COC2(CCCCC2)O1.CC(F)(F)C(=O)OC(C1COC2(O1)C1CC3CC(C1)CC2C3)C1COC2(O1)C1CC3CC(C1)CC2C3.CC1(C)OCC(C(CC(=O)COC(=O)C(C)(F)F)C2COC(C)(C)O2)O1.CC1(C)OCC(C(OC(=O)C(C)(F)F)C2COC(C)(C)O2)O1. The lowest BCUT2D eigenvalue weighted by Crippen LogP contribution is -2.60. The van der Waals surface area contributed by atoms with E-state index in [4.69, 9.17) is 114 Å². The van der Waals surface area contributed by atoms with E-state index in [1.54, 1.807) is 55.4 Å². The predicted octanol–water partition coefficient (Wildman–Crippen LogP) is 15.2. The molecule has 10 heterocycles. The summed E-state index contributed by atoms with van der Waals surface area (Å²) >= 11 is 0. The zero-order valence-corrected chi connectivity index (χ0v) is 81.5. The minimum Gasteiger partial charge on any atom is -0.453 e. The molecular weight excluding hydrogens is 1850 g/mol.